The fraction of sp³-hybridized carbons (Fsp3) is 0.421. The molecule has 1 aliphatic rings. The van der Waals surface area contributed by atoms with Crippen molar-refractivity contribution in [2.24, 2.45) is 0 Å². The van der Waals surface area contributed by atoms with Crippen molar-refractivity contribution in [1.82, 2.24) is 20.3 Å². The van der Waals surface area contributed by atoms with Crippen LogP contribution >= 0.6 is 0 Å². The lowest BCUT2D eigenvalue weighted by Gasteiger charge is -2.19. The van der Waals surface area contributed by atoms with Crippen LogP contribution in [0.15, 0.2) is 41.1 Å². The average molecular weight is 368 g/mol. The average Bonchev–Trinajstić information content (AvgIpc) is 3.29. The molecule has 3 aromatic heterocycles. The van der Waals surface area contributed by atoms with Crippen LogP contribution in [-0.4, -0.2) is 61.4 Å². The molecule has 8 nitrogen and oxygen atoms in total. The van der Waals surface area contributed by atoms with Crippen molar-refractivity contribution in [1.29, 1.82) is 0 Å². The summed E-state index contributed by atoms with van der Waals surface area (Å²) in [6.45, 7) is 2.21. The zero-order valence-electron chi connectivity index (χ0n) is 15.8. The SMILES string of the molecule is CO[C@@H]1CN(c2ccnc(N(C)C)n2)C[C@@H]1NCc1cc2ncccc2o1. The highest BCUT2D eigenvalue weighted by atomic mass is 16.5. The van der Waals surface area contributed by atoms with E-state index in [1.54, 1.807) is 19.5 Å². The highest BCUT2D eigenvalue weighted by Crippen LogP contribution is 2.22. The third-order valence-electron chi connectivity index (χ3n) is 4.80. The van der Waals surface area contributed by atoms with Crippen molar-refractivity contribution >= 4 is 22.9 Å². The zero-order chi connectivity index (χ0) is 18.8. The van der Waals surface area contributed by atoms with Crippen LogP contribution in [0.5, 0.6) is 0 Å². The second kappa shape index (κ2) is 7.50. The molecule has 1 fully saturated rings. The fourth-order valence-corrected chi connectivity index (χ4v) is 3.37. The number of ether oxygens (including phenoxy) is 1. The molecule has 3 aromatic rings. The van der Waals surface area contributed by atoms with Gasteiger partial charge in [-0.25, -0.2) is 4.98 Å². The number of nitrogens with one attached hydrogen (secondary N) is 1. The Balaban J connectivity index is 1.44. The Morgan fingerprint density at radius 2 is 2.15 bits per heavy atom. The quantitative estimate of drug-likeness (QED) is 0.704. The Bertz CT molecular complexity index is 879. The minimum atomic E-state index is 0.0743. The van der Waals surface area contributed by atoms with Crippen molar-refractivity contribution in [3.8, 4) is 0 Å². The predicted molar refractivity (Wildman–Crippen MR) is 104 cm³/mol. The van der Waals surface area contributed by atoms with Crippen LogP contribution in [0.3, 0.4) is 0 Å². The van der Waals surface area contributed by atoms with E-state index in [0.29, 0.717) is 12.5 Å². The second-order valence-corrected chi connectivity index (χ2v) is 6.88. The van der Waals surface area contributed by atoms with Gasteiger partial charge in [-0.15, -0.1) is 0 Å². The van der Waals surface area contributed by atoms with E-state index < -0.39 is 0 Å². The molecule has 1 aliphatic heterocycles. The highest BCUT2D eigenvalue weighted by Gasteiger charge is 2.33. The van der Waals surface area contributed by atoms with Gasteiger partial charge in [0.15, 0.2) is 5.58 Å². The number of fused-ring (bicyclic) bond motifs is 1. The number of pyridine rings is 1. The summed E-state index contributed by atoms with van der Waals surface area (Å²) in [5, 5.41) is 3.55. The zero-order valence-corrected chi connectivity index (χ0v) is 15.8. The number of hydrogen-bond donors (Lipinski definition) is 1. The number of anilines is 2. The van der Waals surface area contributed by atoms with Crippen LogP contribution in [0, 0.1) is 0 Å². The molecule has 1 N–H and O–H groups in total. The lowest BCUT2D eigenvalue weighted by Crippen LogP contribution is -2.39. The van der Waals surface area contributed by atoms with E-state index in [0.717, 1.165) is 35.8 Å². The van der Waals surface area contributed by atoms with Gasteiger partial charge in [-0.2, -0.15) is 4.98 Å². The maximum atomic E-state index is 5.84. The summed E-state index contributed by atoms with van der Waals surface area (Å²) in [6, 6.07) is 7.90. The number of furan rings is 1. The van der Waals surface area contributed by atoms with Crippen LogP contribution in [-0.2, 0) is 11.3 Å². The van der Waals surface area contributed by atoms with Crippen molar-refractivity contribution < 1.29 is 9.15 Å². The summed E-state index contributed by atoms with van der Waals surface area (Å²) >= 11 is 0. The molecule has 2 atom stereocenters. The summed E-state index contributed by atoms with van der Waals surface area (Å²) in [5.74, 6) is 2.48. The lowest BCUT2D eigenvalue weighted by atomic mass is 10.2. The molecule has 0 aromatic carbocycles. The van der Waals surface area contributed by atoms with Gasteiger partial charge in [0.2, 0.25) is 5.95 Å². The third kappa shape index (κ3) is 3.72. The van der Waals surface area contributed by atoms with Gasteiger partial charge in [-0.3, -0.25) is 4.98 Å². The van der Waals surface area contributed by atoms with E-state index in [1.165, 1.54) is 0 Å². The van der Waals surface area contributed by atoms with Gasteiger partial charge in [-0.05, 0) is 18.2 Å². The van der Waals surface area contributed by atoms with Gasteiger partial charge >= 0.3 is 0 Å². The summed E-state index contributed by atoms with van der Waals surface area (Å²) in [6.07, 6.45) is 3.64. The van der Waals surface area contributed by atoms with Gasteiger partial charge in [0, 0.05) is 52.8 Å². The summed E-state index contributed by atoms with van der Waals surface area (Å²) in [5.41, 5.74) is 1.69. The Morgan fingerprint density at radius 3 is 2.93 bits per heavy atom. The van der Waals surface area contributed by atoms with Gasteiger partial charge in [0.25, 0.3) is 0 Å². The highest BCUT2D eigenvalue weighted by molar-refractivity contribution is 5.72. The molecule has 8 heteroatoms. The first-order chi connectivity index (χ1) is 13.1. The van der Waals surface area contributed by atoms with E-state index in [9.17, 15) is 0 Å². The third-order valence-corrected chi connectivity index (χ3v) is 4.80. The molecule has 0 radical (unpaired) electrons. The summed E-state index contributed by atoms with van der Waals surface area (Å²) < 4.78 is 11.5. The number of methoxy groups -OCH3 is 1. The standard InChI is InChI=1S/C19H24N6O2/c1-24(2)19-21-8-6-18(23-19)25-11-15(17(12-25)26-3)22-10-13-9-14-16(27-13)5-4-7-20-14/h4-9,15,17,22H,10-12H2,1-3H3/t15-,17+/m0/s1. The van der Waals surface area contributed by atoms with Gasteiger partial charge in [0.05, 0.1) is 18.7 Å². The van der Waals surface area contributed by atoms with E-state index >= 15 is 0 Å². The lowest BCUT2D eigenvalue weighted by molar-refractivity contribution is 0.0961. The van der Waals surface area contributed by atoms with Crippen LogP contribution in [0.1, 0.15) is 5.76 Å². The number of nitrogens with zero attached hydrogens (tertiary/aromatic N) is 5. The topological polar surface area (TPSA) is 79.5 Å². The molecule has 142 valence electrons. The number of hydrogen-bond acceptors (Lipinski definition) is 8. The molecular weight excluding hydrogens is 344 g/mol. The molecule has 0 unspecified atom stereocenters. The maximum absolute atomic E-state index is 5.84. The Hall–Kier alpha value is -2.71. The van der Waals surface area contributed by atoms with E-state index in [2.05, 4.69) is 25.2 Å². The van der Waals surface area contributed by atoms with E-state index in [4.69, 9.17) is 9.15 Å². The molecule has 1 saturated heterocycles. The van der Waals surface area contributed by atoms with Crippen molar-refractivity contribution in [2.75, 3.05) is 44.1 Å². The van der Waals surface area contributed by atoms with Crippen LogP contribution in [0.2, 0.25) is 0 Å². The first-order valence-corrected chi connectivity index (χ1v) is 8.99. The van der Waals surface area contributed by atoms with Crippen molar-refractivity contribution in [3.05, 3.63) is 42.4 Å². The van der Waals surface area contributed by atoms with Crippen LogP contribution in [0.25, 0.3) is 11.1 Å². The van der Waals surface area contributed by atoms with Gasteiger partial charge in [0.1, 0.15) is 17.1 Å². The van der Waals surface area contributed by atoms with Crippen LogP contribution in [0.4, 0.5) is 11.8 Å². The Labute approximate surface area is 158 Å². The summed E-state index contributed by atoms with van der Waals surface area (Å²) in [4.78, 5) is 17.4. The first-order valence-electron chi connectivity index (χ1n) is 8.99. The number of rotatable bonds is 6. The minimum absolute atomic E-state index is 0.0743. The Kier molecular flexibility index (Phi) is 4.91. The summed E-state index contributed by atoms with van der Waals surface area (Å²) in [7, 11) is 5.63. The smallest absolute Gasteiger partial charge is 0.226 e. The van der Waals surface area contributed by atoms with Crippen molar-refractivity contribution in [3.63, 3.8) is 0 Å². The Morgan fingerprint density at radius 1 is 1.26 bits per heavy atom. The monoisotopic (exact) mass is 368 g/mol. The van der Waals surface area contributed by atoms with E-state index in [-0.39, 0.29) is 12.1 Å². The molecule has 0 amide bonds. The molecule has 27 heavy (non-hydrogen) atoms. The van der Waals surface area contributed by atoms with Crippen LogP contribution < -0.4 is 15.1 Å². The molecular formula is C19H24N6O2. The predicted octanol–water partition coefficient (Wildman–Crippen LogP) is 1.68. The van der Waals surface area contributed by atoms with Crippen molar-refractivity contribution in [2.45, 2.75) is 18.7 Å². The molecule has 4 heterocycles. The second-order valence-electron chi connectivity index (χ2n) is 6.88. The van der Waals surface area contributed by atoms with Gasteiger partial charge < -0.3 is 24.3 Å². The minimum Gasteiger partial charge on any atom is -0.458 e. The van der Waals surface area contributed by atoms with Gasteiger partial charge in [-0.1, -0.05) is 0 Å². The van der Waals surface area contributed by atoms with E-state index in [1.807, 2.05) is 43.3 Å². The maximum Gasteiger partial charge on any atom is 0.226 e. The first kappa shape index (κ1) is 17.7. The molecule has 4 rings (SSSR count). The molecule has 0 bridgehead atoms. The largest absolute Gasteiger partial charge is 0.458 e. The molecule has 0 spiro atoms. The number of aromatic nitrogens is 3. The molecule has 0 aliphatic carbocycles. The normalized spacial score (nSPS) is 19.7. The molecule has 0 saturated carbocycles. The fourth-order valence-electron chi connectivity index (χ4n) is 3.37.